The first kappa shape index (κ1) is 14.2. The number of nitrogens with two attached hydrogens (primary N) is 1. The van der Waals surface area contributed by atoms with Crippen LogP contribution in [0.2, 0.25) is 0 Å². The summed E-state index contributed by atoms with van der Waals surface area (Å²) in [5.41, 5.74) is 6.70. The zero-order valence-corrected chi connectivity index (χ0v) is 12.9. The van der Waals surface area contributed by atoms with Gasteiger partial charge in [-0.1, -0.05) is 6.42 Å². The van der Waals surface area contributed by atoms with E-state index in [-0.39, 0.29) is 6.04 Å². The van der Waals surface area contributed by atoms with Crippen molar-refractivity contribution in [2.24, 2.45) is 5.73 Å². The van der Waals surface area contributed by atoms with Gasteiger partial charge in [-0.15, -0.1) is 11.3 Å². The first-order valence-electron chi connectivity index (χ1n) is 7.05. The van der Waals surface area contributed by atoms with Crippen LogP contribution in [-0.2, 0) is 10.2 Å². The van der Waals surface area contributed by atoms with Gasteiger partial charge in [0, 0.05) is 30.4 Å². The zero-order chi connectivity index (χ0) is 14.2. The number of aromatic nitrogens is 1. The second kappa shape index (κ2) is 5.59. The van der Waals surface area contributed by atoms with Gasteiger partial charge in [0.15, 0.2) is 5.13 Å². The predicted octanol–water partition coefficient (Wildman–Crippen LogP) is 1.49. The van der Waals surface area contributed by atoms with E-state index in [9.17, 15) is 8.42 Å². The SMILES string of the molecule is NCC1CCCCN1S(=O)(=O)Nc1nc(C2CC2)cs1. The normalized spacial score (nSPS) is 24.8. The van der Waals surface area contributed by atoms with Crippen molar-refractivity contribution in [2.45, 2.75) is 44.1 Å². The zero-order valence-electron chi connectivity index (χ0n) is 11.3. The Balaban J connectivity index is 1.72. The highest BCUT2D eigenvalue weighted by molar-refractivity contribution is 7.90. The maximum Gasteiger partial charge on any atom is 0.303 e. The molecule has 112 valence electrons. The minimum atomic E-state index is -3.54. The standard InChI is InChI=1S/C12H20N4O2S2/c13-7-10-3-1-2-6-16(10)20(17,18)15-12-14-11(8-19-12)9-4-5-9/h8-10H,1-7,13H2,(H,14,15). The van der Waals surface area contributed by atoms with E-state index in [1.165, 1.54) is 15.6 Å². The van der Waals surface area contributed by atoms with Crippen LogP contribution >= 0.6 is 11.3 Å². The molecule has 1 aromatic rings. The Labute approximate surface area is 123 Å². The highest BCUT2D eigenvalue weighted by Crippen LogP contribution is 2.41. The first-order valence-corrected chi connectivity index (χ1v) is 9.37. The van der Waals surface area contributed by atoms with Gasteiger partial charge in [-0.3, -0.25) is 0 Å². The first-order chi connectivity index (χ1) is 9.60. The molecule has 1 atom stereocenters. The monoisotopic (exact) mass is 316 g/mol. The molecule has 2 aliphatic rings. The van der Waals surface area contributed by atoms with E-state index >= 15 is 0 Å². The largest absolute Gasteiger partial charge is 0.329 e. The second-order valence-corrected chi connectivity index (χ2v) is 7.94. The molecule has 0 amide bonds. The van der Waals surface area contributed by atoms with Crippen molar-refractivity contribution in [1.82, 2.24) is 9.29 Å². The molecule has 3 N–H and O–H groups in total. The number of anilines is 1. The van der Waals surface area contributed by atoms with Gasteiger partial charge in [-0.2, -0.15) is 12.7 Å². The quantitative estimate of drug-likeness (QED) is 0.861. The Morgan fingerprint density at radius 3 is 2.90 bits per heavy atom. The topological polar surface area (TPSA) is 88.3 Å². The lowest BCUT2D eigenvalue weighted by Crippen LogP contribution is -2.49. The molecule has 8 heteroatoms. The Morgan fingerprint density at radius 2 is 2.20 bits per heavy atom. The van der Waals surface area contributed by atoms with Crippen LogP contribution in [0.25, 0.3) is 0 Å². The molecule has 2 fully saturated rings. The van der Waals surface area contributed by atoms with Crippen molar-refractivity contribution in [3.8, 4) is 0 Å². The van der Waals surface area contributed by atoms with Crippen LogP contribution in [0.1, 0.15) is 43.7 Å². The number of hydrogen-bond acceptors (Lipinski definition) is 5. The van der Waals surface area contributed by atoms with Crippen LogP contribution in [0.4, 0.5) is 5.13 Å². The molecule has 1 saturated carbocycles. The molecule has 1 aliphatic heterocycles. The number of hydrogen-bond donors (Lipinski definition) is 2. The third kappa shape index (κ3) is 2.98. The van der Waals surface area contributed by atoms with Gasteiger partial charge in [-0.05, 0) is 25.7 Å². The summed E-state index contributed by atoms with van der Waals surface area (Å²) in [6, 6.07) is -0.0934. The van der Waals surface area contributed by atoms with Crippen LogP contribution in [-0.4, -0.2) is 36.8 Å². The molecule has 1 saturated heterocycles. The number of thiazole rings is 1. The maximum atomic E-state index is 12.4. The van der Waals surface area contributed by atoms with E-state index in [2.05, 4.69) is 9.71 Å². The summed E-state index contributed by atoms with van der Waals surface area (Å²) in [4.78, 5) is 4.37. The third-order valence-corrected chi connectivity index (χ3v) is 6.34. The van der Waals surface area contributed by atoms with Crippen LogP contribution in [0.15, 0.2) is 5.38 Å². The van der Waals surface area contributed by atoms with E-state index in [1.54, 1.807) is 0 Å². The Bertz CT molecular complexity index is 568. The molecule has 1 aliphatic carbocycles. The second-order valence-electron chi connectivity index (χ2n) is 5.45. The van der Waals surface area contributed by atoms with E-state index < -0.39 is 10.2 Å². The maximum absolute atomic E-state index is 12.4. The number of nitrogens with zero attached hydrogens (tertiary/aromatic N) is 2. The smallest absolute Gasteiger partial charge is 0.303 e. The molecule has 3 rings (SSSR count). The van der Waals surface area contributed by atoms with Crippen LogP contribution in [0, 0.1) is 0 Å². The van der Waals surface area contributed by atoms with E-state index in [1.807, 2.05) is 5.38 Å². The number of piperidine rings is 1. The Kier molecular flexibility index (Phi) is 3.98. The van der Waals surface area contributed by atoms with Gasteiger partial charge in [-0.25, -0.2) is 9.71 Å². The van der Waals surface area contributed by atoms with Crippen molar-refractivity contribution in [1.29, 1.82) is 0 Å². The van der Waals surface area contributed by atoms with Gasteiger partial charge >= 0.3 is 10.2 Å². The van der Waals surface area contributed by atoms with E-state index in [0.29, 0.717) is 24.1 Å². The molecule has 1 unspecified atom stereocenters. The van der Waals surface area contributed by atoms with Crippen LogP contribution in [0.3, 0.4) is 0 Å². The van der Waals surface area contributed by atoms with Crippen LogP contribution in [0.5, 0.6) is 0 Å². The summed E-state index contributed by atoms with van der Waals surface area (Å²) in [5.74, 6) is 0.538. The molecule has 0 aromatic carbocycles. The van der Waals surface area contributed by atoms with Crippen molar-refractivity contribution < 1.29 is 8.42 Å². The van der Waals surface area contributed by atoms with Crippen LogP contribution < -0.4 is 10.5 Å². The summed E-state index contributed by atoms with van der Waals surface area (Å²) in [5, 5.41) is 2.42. The lowest BCUT2D eigenvalue weighted by Gasteiger charge is -2.33. The van der Waals surface area contributed by atoms with Crippen molar-refractivity contribution in [3.63, 3.8) is 0 Å². The Morgan fingerprint density at radius 1 is 1.40 bits per heavy atom. The summed E-state index contributed by atoms with van der Waals surface area (Å²) < 4.78 is 29.0. The molecular formula is C12H20N4O2S2. The van der Waals surface area contributed by atoms with E-state index in [0.717, 1.165) is 37.8 Å². The van der Waals surface area contributed by atoms with Gasteiger partial charge in [0.2, 0.25) is 0 Å². The minimum Gasteiger partial charge on any atom is -0.329 e. The lowest BCUT2D eigenvalue weighted by molar-refractivity contribution is 0.259. The summed E-state index contributed by atoms with van der Waals surface area (Å²) >= 11 is 1.36. The summed E-state index contributed by atoms with van der Waals surface area (Å²) in [7, 11) is -3.54. The average molecular weight is 316 g/mol. The van der Waals surface area contributed by atoms with Crippen molar-refractivity contribution in [2.75, 3.05) is 17.8 Å². The summed E-state index contributed by atoms with van der Waals surface area (Å²) in [6.07, 6.45) is 5.09. The highest BCUT2D eigenvalue weighted by atomic mass is 32.2. The fraction of sp³-hybridized carbons (Fsp3) is 0.750. The third-order valence-electron chi connectivity index (χ3n) is 3.89. The molecule has 6 nitrogen and oxygen atoms in total. The molecule has 0 spiro atoms. The summed E-state index contributed by atoms with van der Waals surface area (Å²) in [6.45, 7) is 0.907. The molecule has 1 aromatic heterocycles. The highest BCUT2D eigenvalue weighted by Gasteiger charge is 2.32. The predicted molar refractivity (Wildman–Crippen MR) is 80.0 cm³/mol. The number of rotatable bonds is 5. The van der Waals surface area contributed by atoms with Gasteiger partial charge < -0.3 is 5.73 Å². The average Bonchev–Trinajstić information content (AvgIpc) is 3.20. The van der Waals surface area contributed by atoms with Gasteiger partial charge in [0.1, 0.15) is 0 Å². The van der Waals surface area contributed by atoms with E-state index in [4.69, 9.17) is 5.73 Å². The molecule has 0 radical (unpaired) electrons. The molecule has 0 bridgehead atoms. The van der Waals surface area contributed by atoms with Crippen molar-refractivity contribution in [3.05, 3.63) is 11.1 Å². The lowest BCUT2D eigenvalue weighted by atomic mass is 10.1. The number of nitrogens with one attached hydrogen (secondary N) is 1. The van der Waals surface area contributed by atoms with Gasteiger partial charge in [0.25, 0.3) is 0 Å². The van der Waals surface area contributed by atoms with Crippen molar-refractivity contribution >= 4 is 26.7 Å². The minimum absolute atomic E-state index is 0.0934. The molecule has 2 heterocycles. The Hall–Kier alpha value is -0.700. The fourth-order valence-corrected chi connectivity index (χ4v) is 5.08. The fourth-order valence-electron chi connectivity index (χ4n) is 2.59. The van der Waals surface area contributed by atoms with Gasteiger partial charge in [0.05, 0.1) is 5.69 Å². The molecule has 20 heavy (non-hydrogen) atoms. The molecular weight excluding hydrogens is 296 g/mol.